The van der Waals surface area contributed by atoms with Crippen molar-refractivity contribution in [2.24, 2.45) is 0 Å². The molecule has 2 rings (SSSR count). The molecule has 0 amide bonds. The molecule has 0 aliphatic carbocycles. The van der Waals surface area contributed by atoms with Crippen LogP contribution in [0.15, 0.2) is 53.4 Å². The van der Waals surface area contributed by atoms with Crippen molar-refractivity contribution in [1.82, 2.24) is 4.90 Å². The number of aliphatic hydroxyl groups excluding tert-OH is 1. The normalized spacial score (nSPS) is 12.5. The predicted molar refractivity (Wildman–Crippen MR) is 114 cm³/mol. The van der Waals surface area contributed by atoms with Crippen molar-refractivity contribution in [3.63, 3.8) is 0 Å². The van der Waals surface area contributed by atoms with Crippen LogP contribution in [-0.2, 0) is 6.54 Å². The molecule has 1 atom stereocenters. The van der Waals surface area contributed by atoms with E-state index in [2.05, 4.69) is 35.4 Å². The van der Waals surface area contributed by atoms with E-state index in [9.17, 15) is 5.11 Å². The maximum atomic E-state index is 10.3. The van der Waals surface area contributed by atoms with Gasteiger partial charge in [0.2, 0.25) is 0 Å². The number of nitrogens with zero attached hydrogens (tertiary/aromatic N) is 1. The van der Waals surface area contributed by atoms with Gasteiger partial charge in [-0.3, -0.25) is 4.90 Å². The second-order valence-electron chi connectivity index (χ2n) is 6.42. The van der Waals surface area contributed by atoms with Crippen LogP contribution in [0.3, 0.4) is 0 Å². The van der Waals surface area contributed by atoms with Crippen molar-refractivity contribution >= 4 is 17.8 Å². The van der Waals surface area contributed by atoms with E-state index in [4.69, 9.17) is 9.47 Å². The molecule has 0 bridgehead atoms. The van der Waals surface area contributed by atoms with Gasteiger partial charge in [-0.05, 0) is 55.6 Å². The van der Waals surface area contributed by atoms with E-state index in [1.807, 2.05) is 44.3 Å². The molecule has 0 heterocycles. The van der Waals surface area contributed by atoms with E-state index in [1.54, 1.807) is 18.9 Å². The lowest BCUT2D eigenvalue weighted by atomic mass is 10.2. The molecule has 0 aromatic heterocycles. The average Bonchev–Trinajstić information content (AvgIpc) is 2.67. The van der Waals surface area contributed by atoms with E-state index in [0.29, 0.717) is 18.0 Å². The summed E-state index contributed by atoms with van der Waals surface area (Å²) in [7, 11) is 3.62. The molecule has 2 aromatic rings. The van der Waals surface area contributed by atoms with E-state index in [1.165, 1.54) is 10.5 Å². The second-order valence-corrected chi connectivity index (χ2v) is 7.30. The molecule has 0 fully saturated rings. The molecule has 5 heteroatoms. The summed E-state index contributed by atoms with van der Waals surface area (Å²) in [5.41, 5.74) is 2.28. The van der Waals surface area contributed by atoms with Crippen LogP contribution >= 0.6 is 11.8 Å². The summed E-state index contributed by atoms with van der Waals surface area (Å²) in [5, 5.41) is 10.3. The first-order valence-corrected chi connectivity index (χ1v) is 10.2. The summed E-state index contributed by atoms with van der Waals surface area (Å²) in [6.07, 6.45) is 5.46. The Labute approximate surface area is 166 Å². The Morgan fingerprint density at radius 2 is 1.89 bits per heavy atom. The minimum absolute atomic E-state index is 0.217. The Kier molecular flexibility index (Phi) is 8.72. The van der Waals surface area contributed by atoms with Gasteiger partial charge in [-0.1, -0.05) is 30.4 Å². The minimum atomic E-state index is -0.583. The van der Waals surface area contributed by atoms with Crippen molar-refractivity contribution in [1.29, 1.82) is 0 Å². The summed E-state index contributed by atoms with van der Waals surface area (Å²) >= 11 is 1.73. The number of thioether (sulfide) groups is 1. The number of hydrogen-bond donors (Lipinski definition) is 1. The quantitative estimate of drug-likeness (QED) is 0.615. The molecule has 0 saturated heterocycles. The van der Waals surface area contributed by atoms with Crippen molar-refractivity contribution in [3.8, 4) is 11.5 Å². The topological polar surface area (TPSA) is 41.9 Å². The molecule has 0 aliphatic heterocycles. The average molecular weight is 388 g/mol. The highest BCUT2D eigenvalue weighted by atomic mass is 32.2. The zero-order chi connectivity index (χ0) is 19.6. The van der Waals surface area contributed by atoms with E-state index in [-0.39, 0.29) is 6.61 Å². The summed E-state index contributed by atoms with van der Waals surface area (Å²) in [5.74, 6) is 1.31. The maximum Gasteiger partial charge on any atom is 0.161 e. The maximum absolute atomic E-state index is 10.3. The fraction of sp³-hybridized carbons (Fsp3) is 0.364. The molecule has 4 nitrogen and oxygen atoms in total. The largest absolute Gasteiger partial charge is 0.493 e. The Bertz CT molecular complexity index is 731. The minimum Gasteiger partial charge on any atom is -0.493 e. The highest BCUT2D eigenvalue weighted by Gasteiger charge is 2.12. The first-order valence-electron chi connectivity index (χ1n) is 8.98. The van der Waals surface area contributed by atoms with Crippen LogP contribution in [0.5, 0.6) is 11.5 Å². The molecule has 1 N–H and O–H groups in total. The van der Waals surface area contributed by atoms with Crippen LogP contribution in [0.2, 0.25) is 0 Å². The highest BCUT2D eigenvalue weighted by Crippen LogP contribution is 2.28. The zero-order valence-electron chi connectivity index (χ0n) is 16.5. The lowest BCUT2D eigenvalue weighted by Gasteiger charge is -2.21. The monoisotopic (exact) mass is 387 g/mol. The third-order valence-corrected chi connectivity index (χ3v) is 4.86. The molecule has 0 saturated carbocycles. The fourth-order valence-electron chi connectivity index (χ4n) is 2.81. The van der Waals surface area contributed by atoms with Crippen molar-refractivity contribution < 1.29 is 14.6 Å². The summed E-state index contributed by atoms with van der Waals surface area (Å²) in [4.78, 5) is 3.35. The van der Waals surface area contributed by atoms with Crippen LogP contribution in [0, 0.1) is 0 Å². The number of methoxy groups -OCH3 is 1. The lowest BCUT2D eigenvalue weighted by molar-refractivity contribution is 0.0733. The van der Waals surface area contributed by atoms with Gasteiger partial charge < -0.3 is 14.6 Å². The summed E-state index contributed by atoms with van der Waals surface area (Å²) in [6, 6.07) is 14.3. The Hall–Kier alpha value is -1.95. The van der Waals surface area contributed by atoms with Gasteiger partial charge in [0, 0.05) is 18.0 Å². The SMILES string of the molecule is C/C=C/c1ccc(OC[C@@H](O)CN(C)Cc2ccc(SC)cc2)c(OC)c1. The van der Waals surface area contributed by atoms with Crippen LogP contribution in [0.4, 0.5) is 0 Å². The van der Waals surface area contributed by atoms with Gasteiger partial charge in [-0.2, -0.15) is 0 Å². The van der Waals surface area contributed by atoms with Gasteiger partial charge in [-0.25, -0.2) is 0 Å². The zero-order valence-corrected chi connectivity index (χ0v) is 17.3. The van der Waals surface area contributed by atoms with Gasteiger partial charge in [0.05, 0.1) is 7.11 Å². The van der Waals surface area contributed by atoms with Gasteiger partial charge in [0.25, 0.3) is 0 Å². The molecule has 0 radical (unpaired) electrons. The number of ether oxygens (including phenoxy) is 2. The molecule has 0 aliphatic rings. The lowest BCUT2D eigenvalue weighted by Crippen LogP contribution is -2.32. The van der Waals surface area contributed by atoms with E-state index in [0.717, 1.165) is 12.1 Å². The van der Waals surface area contributed by atoms with Gasteiger partial charge >= 0.3 is 0 Å². The predicted octanol–water partition coefficient (Wildman–Crippen LogP) is 4.32. The van der Waals surface area contributed by atoms with Gasteiger partial charge in [-0.15, -0.1) is 11.8 Å². The highest BCUT2D eigenvalue weighted by molar-refractivity contribution is 7.98. The van der Waals surface area contributed by atoms with E-state index >= 15 is 0 Å². The molecule has 0 unspecified atom stereocenters. The van der Waals surface area contributed by atoms with E-state index < -0.39 is 6.10 Å². The fourth-order valence-corrected chi connectivity index (χ4v) is 3.21. The second kappa shape index (κ2) is 11.0. The number of benzene rings is 2. The molecular formula is C22H29NO3S. The first kappa shape index (κ1) is 21.4. The number of allylic oxidation sites excluding steroid dienone is 1. The van der Waals surface area contributed by atoms with Crippen molar-refractivity contribution in [2.45, 2.75) is 24.5 Å². The smallest absolute Gasteiger partial charge is 0.161 e. The molecule has 27 heavy (non-hydrogen) atoms. The molecular weight excluding hydrogens is 358 g/mol. The van der Waals surface area contributed by atoms with Crippen molar-refractivity contribution in [3.05, 3.63) is 59.7 Å². The van der Waals surface area contributed by atoms with Crippen LogP contribution < -0.4 is 9.47 Å². The first-order chi connectivity index (χ1) is 13.0. The Morgan fingerprint density at radius 3 is 2.52 bits per heavy atom. The van der Waals surface area contributed by atoms with Gasteiger partial charge in [0.1, 0.15) is 12.7 Å². The Morgan fingerprint density at radius 1 is 1.15 bits per heavy atom. The third-order valence-electron chi connectivity index (χ3n) is 4.11. The number of hydrogen-bond acceptors (Lipinski definition) is 5. The van der Waals surface area contributed by atoms with Crippen LogP contribution in [0.25, 0.3) is 6.08 Å². The molecule has 146 valence electrons. The Balaban J connectivity index is 1.85. The number of likely N-dealkylation sites (N-methyl/N-ethyl adjacent to an activating group) is 1. The van der Waals surface area contributed by atoms with Crippen LogP contribution in [0.1, 0.15) is 18.1 Å². The third kappa shape index (κ3) is 6.94. The molecule has 0 spiro atoms. The number of rotatable bonds is 10. The number of aliphatic hydroxyl groups is 1. The summed E-state index contributed by atoms with van der Waals surface area (Å²) < 4.78 is 11.2. The van der Waals surface area contributed by atoms with Crippen molar-refractivity contribution in [2.75, 3.05) is 33.6 Å². The van der Waals surface area contributed by atoms with Crippen LogP contribution in [-0.4, -0.2) is 49.7 Å². The molecule has 2 aromatic carbocycles. The standard InChI is InChI=1S/C22H29NO3S/c1-5-6-17-9-12-21(22(13-17)25-3)26-16-19(24)15-23(2)14-18-7-10-20(27-4)11-8-18/h5-13,19,24H,14-16H2,1-4H3/b6-5+/t19-/m0/s1. The van der Waals surface area contributed by atoms with Gasteiger partial charge in [0.15, 0.2) is 11.5 Å². The summed E-state index contributed by atoms with van der Waals surface area (Å²) in [6.45, 7) is 3.51.